The number of nitrogens with zero attached hydrogens (tertiary/aromatic N) is 2. The zero-order valence-corrected chi connectivity index (χ0v) is 16.7. The number of esters is 1. The van der Waals surface area contributed by atoms with Gasteiger partial charge in [0.15, 0.2) is 0 Å². The molecule has 1 N–H and O–H groups in total. The molecule has 1 aromatic rings. The van der Waals surface area contributed by atoms with Crippen molar-refractivity contribution in [2.75, 3.05) is 0 Å². The van der Waals surface area contributed by atoms with Gasteiger partial charge in [0.2, 0.25) is 6.29 Å². The Labute approximate surface area is 164 Å². The standard InChI is InChI=1S/C20H26N2O6/c1-13(2)17(12-23)21(19(25)26)22-16(11-15-9-7-6-8-10-15)18(27-14(3)24)28-20(22,4)5/h6-10,13,16,18H,11H2,1-5H3,(H,25,26). The van der Waals surface area contributed by atoms with Crippen LogP contribution in [0.3, 0.4) is 0 Å². The van der Waals surface area contributed by atoms with Crippen molar-refractivity contribution in [2.24, 2.45) is 5.92 Å². The zero-order valence-electron chi connectivity index (χ0n) is 16.7. The van der Waals surface area contributed by atoms with Gasteiger partial charge in [0.1, 0.15) is 17.4 Å². The Balaban J connectivity index is 2.55. The van der Waals surface area contributed by atoms with Crippen LogP contribution in [-0.2, 0) is 25.5 Å². The molecular formula is C20H26N2O6. The topological polar surface area (TPSA) is 96.4 Å². The van der Waals surface area contributed by atoms with Crippen molar-refractivity contribution in [3.8, 4) is 0 Å². The number of hydrazine groups is 1. The molecule has 8 nitrogen and oxygen atoms in total. The van der Waals surface area contributed by atoms with Crippen LogP contribution in [0.25, 0.3) is 0 Å². The van der Waals surface area contributed by atoms with Gasteiger partial charge in [-0.05, 0) is 25.8 Å². The van der Waals surface area contributed by atoms with Crippen LogP contribution >= 0.6 is 0 Å². The average Bonchev–Trinajstić information content (AvgIpc) is 2.82. The molecule has 0 aromatic heterocycles. The minimum absolute atomic E-state index is 0.0503. The van der Waals surface area contributed by atoms with Gasteiger partial charge in [0.05, 0.1) is 6.04 Å². The summed E-state index contributed by atoms with van der Waals surface area (Å²) in [5.41, 5.74) is -0.303. The lowest BCUT2D eigenvalue weighted by Crippen LogP contribution is -2.58. The molecule has 1 aliphatic heterocycles. The van der Waals surface area contributed by atoms with E-state index in [1.54, 1.807) is 33.6 Å². The van der Waals surface area contributed by atoms with Gasteiger partial charge in [-0.3, -0.25) is 4.79 Å². The minimum Gasteiger partial charge on any atom is -0.464 e. The summed E-state index contributed by atoms with van der Waals surface area (Å²) in [6.07, 6.45) is -2.00. The van der Waals surface area contributed by atoms with E-state index < -0.39 is 36.0 Å². The summed E-state index contributed by atoms with van der Waals surface area (Å²) < 4.78 is 11.2. The molecule has 1 heterocycles. The first kappa shape index (κ1) is 21.6. The van der Waals surface area contributed by atoms with Crippen LogP contribution in [0, 0.1) is 5.92 Å². The van der Waals surface area contributed by atoms with Crippen molar-refractivity contribution in [3.63, 3.8) is 0 Å². The maximum absolute atomic E-state index is 12.1. The second kappa shape index (κ2) is 8.56. The molecule has 2 rings (SSSR count). The Morgan fingerprint density at radius 1 is 1.32 bits per heavy atom. The van der Waals surface area contributed by atoms with Crippen LogP contribution in [0.4, 0.5) is 4.79 Å². The Morgan fingerprint density at radius 2 is 1.93 bits per heavy atom. The summed E-state index contributed by atoms with van der Waals surface area (Å²) in [6.45, 7) is 7.99. The third-order valence-electron chi connectivity index (χ3n) is 4.43. The quantitative estimate of drug-likeness (QED) is 0.589. The Bertz CT molecular complexity index is 770. The second-order valence-corrected chi connectivity index (χ2v) is 7.38. The highest BCUT2D eigenvalue weighted by atomic mass is 16.7. The summed E-state index contributed by atoms with van der Waals surface area (Å²) in [5.74, 6) is 0.807. The summed E-state index contributed by atoms with van der Waals surface area (Å²) in [5, 5.41) is 12.2. The lowest BCUT2D eigenvalue weighted by atomic mass is 10.0. The summed E-state index contributed by atoms with van der Waals surface area (Å²) in [6, 6.07) is 8.70. The number of hydrogen-bond acceptors (Lipinski definition) is 6. The van der Waals surface area contributed by atoms with E-state index in [2.05, 4.69) is 0 Å². The maximum atomic E-state index is 12.1. The summed E-state index contributed by atoms with van der Waals surface area (Å²) >= 11 is 0. The van der Waals surface area contributed by atoms with E-state index in [1.807, 2.05) is 30.3 Å². The molecule has 1 amide bonds. The SMILES string of the molecule is CC(=O)OC1OC(C)(C)N(N(C(=O)O)C(=C=O)C(C)C)C1Cc1ccccc1. The van der Waals surface area contributed by atoms with E-state index in [0.717, 1.165) is 10.6 Å². The molecule has 0 bridgehead atoms. The van der Waals surface area contributed by atoms with Gasteiger partial charge >= 0.3 is 12.1 Å². The molecule has 0 radical (unpaired) electrons. The van der Waals surface area contributed by atoms with Crippen LogP contribution in [0.5, 0.6) is 0 Å². The lowest BCUT2D eigenvalue weighted by Gasteiger charge is -2.40. The van der Waals surface area contributed by atoms with Crippen LogP contribution < -0.4 is 0 Å². The van der Waals surface area contributed by atoms with Gasteiger partial charge in [-0.1, -0.05) is 44.2 Å². The Kier molecular flexibility index (Phi) is 6.61. The molecule has 28 heavy (non-hydrogen) atoms. The summed E-state index contributed by atoms with van der Waals surface area (Å²) in [4.78, 5) is 35.3. The second-order valence-electron chi connectivity index (χ2n) is 7.38. The highest BCUT2D eigenvalue weighted by Gasteiger charge is 2.54. The predicted molar refractivity (Wildman–Crippen MR) is 100 cm³/mol. The highest BCUT2D eigenvalue weighted by molar-refractivity contribution is 5.71. The molecule has 152 valence electrons. The van der Waals surface area contributed by atoms with Gasteiger partial charge in [-0.2, -0.15) is 10.0 Å². The van der Waals surface area contributed by atoms with Crippen molar-refractivity contribution < 1.29 is 29.0 Å². The number of carboxylic acid groups (broad SMARTS) is 1. The van der Waals surface area contributed by atoms with E-state index in [-0.39, 0.29) is 5.70 Å². The summed E-state index contributed by atoms with van der Waals surface area (Å²) in [7, 11) is 0. The third-order valence-corrected chi connectivity index (χ3v) is 4.43. The van der Waals surface area contributed by atoms with Gasteiger partial charge in [-0.25, -0.2) is 9.59 Å². The van der Waals surface area contributed by atoms with Crippen LogP contribution in [0.2, 0.25) is 0 Å². The first-order chi connectivity index (χ1) is 13.1. The fraction of sp³-hybridized carbons (Fsp3) is 0.500. The van der Waals surface area contributed by atoms with Gasteiger partial charge < -0.3 is 14.6 Å². The van der Waals surface area contributed by atoms with Gasteiger partial charge in [0, 0.05) is 12.8 Å². The smallest absolute Gasteiger partial charge is 0.427 e. The predicted octanol–water partition coefficient (Wildman–Crippen LogP) is 2.82. The molecule has 0 spiro atoms. The van der Waals surface area contributed by atoms with Crippen LogP contribution in [0.15, 0.2) is 36.0 Å². The molecule has 0 saturated carbocycles. The van der Waals surface area contributed by atoms with Crippen molar-refractivity contribution in [1.82, 2.24) is 10.0 Å². The van der Waals surface area contributed by atoms with Crippen LogP contribution in [0.1, 0.15) is 40.2 Å². The third kappa shape index (κ3) is 4.59. The number of hydrogen-bond donors (Lipinski definition) is 1. The van der Waals surface area contributed by atoms with E-state index in [0.29, 0.717) is 6.42 Å². The van der Waals surface area contributed by atoms with Crippen molar-refractivity contribution in [3.05, 3.63) is 41.6 Å². The normalized spacial score (nSPS) is 21.2. The molecule has 1 aliphatic rings. The first-order valence-corrected chi connectivity index (χ1v) is 9.04. The fourth-order valence-corrected chi connectivity index (χ4v) is 3.34. The number of benzene rings is 1. The van der Waals surface area contributed by atoms with Gasteiger partial charge in [-0.15, -0.1) is 0 Å². The molecule has 1 fully saturated rings. The van der Waals surface area contributed by atoms with Gasteiger partial charge in [0.25, 0.3) is 0 Å². The first-order valence-electron chi connectivity index (χ1n) is 9.04. The number of carbonyl (C=O) groups is 2. The Morgan fingerprint density at radius 3 is 2.39 bits per heavy atom. The fourth-order valence-electron chi connectivity index (χ4n) is 3.34. The number of rotatable bonds is 6. The van der Waals surface area contributed by atoms with Crippen molar-refractivity contribution in [2.45, 2.75) is 59.1 Å². The van der Waals surface area contributed by atoms with Crippen LogP contribution in [-0.4, -0.2) is 51.2 Å². The minimum atomic E-state index is -1.34. The number of amides is 1. The monoisotopic (exact) mass is 390 g/mol. The Hall–Kier alpha value is -2.67. The molecule has 0 aliphatic carbocycles. The largest absolute Gasteiger partial charge is 0.464 e. The molecule has 2 atom stereocenters. The lowest BCUT2D eigenvalue weighted by molar-refractivity contribution is -0.193. The van der Waals surface area contributed by atoms with E-state index in [1.165, 1.54) is 11.9 Å². The number of ether oxygens (including phenoxy) is 2. The number of carbonyl (C=O) groups excluding carboxylic acids is 2. The zero-order chi connectivity index (χ0) is 21.1. The van der Waals surface area contributed by atoms with Crippen molar-refractivity contribution >= 4 is 18.0 Å². The molecule has 8 heteroatoms. The molecular weight excluding hydrogens is 364 g/mol. The van der Waals surface area contributed by atoms with E-state index >= 15 is 0 Å². The maximum Gasteiger partial charge on any atom is 0.427 e. The molecule has 1 saturated heterocycles. The van der Waals surface area contributed by atoms with E-state index in [4.69, 9.17) is 9.47 Å². The molecule has 1 aromatic carbocycles. The molecule has 2 unspecified atom stereocenters. The van der Waals surface area contributed by atoms with E-state index in [9.17, 15) is 19.5 Å². The number of allylic oxidation sites excluding steroid dienone is 1. The van der Waals surface area contributed by atoms with Crippen molar-refractivity contribution in [1.29, 1.82) is 0 Å². The average molecular weight is 390 g/mol. The highest BCUT2D eigenvalue weighted by Crippen LogP contribution is 2.38.